The molecule has 4 rings (SSSR count). The molecule has 0 saturated heterocycles. The average molecular weight is 344 g/mol. The summed E-state index contributed by atoms with van der Waals surface area (Å²) in [5.41, 5.74) is 1.19. The Morgan fingerprint density at radius 2 is 2.00 bits per heavy atom. The Hall–Kier alpha value is -0.960. The fourth-order valence-electron chi connectivity index (χ4n) is 7.79. The van der Waals surface area contributed by atoms with Crippen molar-refractivity contribution in [2.24, 2.45) is 40.4 Å². The molecule has 8 atom stereocenters. The summed E-state index contributed by atoms with van der Waals surface area (Å²) in [4.78, 5) is 24.3. The van der Waals surface area contributed by atoms with Crippen LogP contribution in [0.4, 0.5) is 0 Å². The van der Waals surface area contributed by atoms with E-state index in [4.69, 9.17) is 0 Å². The lowest BCUT2D eigenvalue weighted by Crippen LogP contribution is -2.58. The van der Waals surface area contributed by atoms with Gasteiger partial charge in [0.05, 0.1) is 6.10 Å². The molecule has 0 radical (unpaired) electrons. The maximum absolute atomic E-state index is 12.2. The Morgan fingerprint density at radius 3 is 2.68 bits per heavy atom. The molecule has 3 saturated carbocycles. The van der Waals surface area contributed by atoms with Crippen LogP contribution in [0.1, 0.15) is 66.2 Å². The molecule has 0 aromatic carbocycles. The van der Waals surface area contributed by atoms with Crippen LogP contribution in [-0.2, 0) is 9.59 Å². The first-order chi connectivity index (χ1) is 11.7. The second kappa shape index (κ2) is 5.52. The normalized spacial score (nSPS) is 52.0. The van der Waals surface area contributed by atoms with Crippen molar-refractivity contribution in [2.75, 3.05) is 0 Å². The first-order valence-corrected chi connectivity index (χ1v) is 10.1. The van der Waals surface area contributed by atoms with Gasteiger partial charge in [0.25, 0.3) is 0 Å². The largest absolute Gasteiger partial charge is 0.393 e. The monoisotopic (exact) mass is 344 g/mol. The third kappa shape index (κ3) is 2.27. The average Bonchev–Trinajstić information content (AvgIpc) is 2.85. The number of ketones is 2. The molecule has 0 aromatic rings. The van der Waals surface area contributed by atoms with Gasteiger partial charge >= 0.3 is 0 Å². The van der Waals surface area contributed by atoms with Gasteiger partial charge in [-0.25, -0.2) is 0 Å². The Balaban J connectivity index is 1.76. The van der Waals surface area contributed by atoms with Crippen molar-refractivity contribution in [3.63, 3.8) is 0 Å². The fraction of sp³-hybridized carbons (Fsp3) is 0.818. The van der Waals surface area contributed by atoms with Crippen molar-refractivity contribution in [2.45, 2.75) is 72.3 Å². The number of aliphatic hydroxyl groups is 1. The molecule has 3 heteroatoms. The number of aliphatic hydroxyl groups excluding tert-OH is 1. The summed E-state index contributed by atoms with van der Waals surface area (Å²) in [5.74, 6) is 2.33. The van der Waals surface area contributed by atoms with E-state index in [9.17, 15) is 14.7 Å². The van der Waals surface area contributed by atoms with Crippen LogP contribution in [0.15, 0.2) is 11.6 Å². The standard InChI is InChI=1S/C22H32O3/c1-12-9-15-17-6-5-16(13(2)23)22(17,4)11-19(25)20(15)21(3)8-7-14(24)10-18(12)21/h10,12,15-17,19-20,25H,5-9,11H2,1-4H3/t12?,15?,16?,17?,19?,20?,21-,22+/m1/s1. The quantitative estimate of drug-likeness (QED) is 0.784. The summed E-state index contributed by atoms with van der Waals surface area (Å²) in [5, 5.41) is 11.2. The minimum atomic E-state index is -0.361. The van der Waals surface area contributed by atoms with Gasteiger partial charge in [-0.3, -0.25) is 9.59 Å². The molecule has 0 spiro atoms. The molecule has 0 heterocycles. The summed E-state index contributed by atoms with van der Waals surface area (Å²) >= 11 is 0. The molecule has 6 unspecified atom stereocenters. The third-order valence-electron chi connectivity index (χ3n) is 8.70. The highest BCUT2D eigenvalue weighted by Crippen LogP contribution is 2.67. The lowest BCUT2D eigenvalue weighted by atomic mass is 9.44. The summed E-state index contributed by atoms with van der Waals surface area (Å²) in [7, 11) is 0. The number of hydrogen-bond donors (Lipinski definition) is 1. The number of allylic oxidation sites excluding steroid dienone is 1. The van der Waals surface area contributed by atoms with E-state index in [-0.39, 0.29) is 34.6 Å². The predicted octanol–water partition coefficient (Wildman–Crippen LogP) is 3.94. The molecule has 0 aromatic heterocycles. The van der Waals surface area contributed by atoms with Crippen LogP contribution >= 0.6 is 0 Å². The number of fused-ring (bicyclic) bond motifs is 5. The lowest BCUT2D eigenvalue weighted by molar-refractivity contribution is -0.147. The Bertz CT molecular complexity index is 650. The molecule has 138 valence electrons. The molecular weight excluding hydrogens is 312 g/mol. The van der Waals surface area contributed by atoms with Crippen molar-refractivity contribution in [1.82, 2.24) is 0 Å². The maximum atomic E-state index is 12.2. The van der Waals surface area contributed by atoms with E-state index in [1.165, 1.54) is 5.57 Å². The SMILES string of the molecule is CC(=O)C1CCC2C3CC(C)C4=CC(=O)CC[C@@]4(C)C3C(O)C[C@@]12C. The zero-order valence-corrected chi connectivity index (χ0v) is 16.0. The van der Waals surface area contributed by atoms with Crippen LogP contribution in [-0.4, -0.2) is 22.8 Å². The Morgan fingerprint density at radius 1 is 1.28 bits per heavy atom. The van der Waals surface area contributed by atoms with Gasteiger partial charge in [0.1, 0.15) is 5.78 Å². The lowest BCUT2D eigenvalue weighted by Gasteiger charge is -2.61. The van der Waals surface area contributed by atoms with Crippen molar-refractivity contribution in [3.8, 4) is 0 Å². The first kappa shape index (κ1) is 17.5. The highest BCUT2D eigenvalue weighted by Gasteiger charge is 2.63. The smallest absolute Gasteiger partial charge is 0.155 e. The molecule has 4 aliphatic carbocycles. The number of carbonyl (C=O) groups is 2. The van der Waals surface area contributed by atoms with Crippen LogP contribution < -0.4 is 0 Å². The van der Waals surface area contributed by atoms with E-state index in [2.05, 4.69) is 20.8 Å². The van der Waals surface area contributed by atoms with Crippen LogP contribution in [0, 0.1) is 40.4 Å². The van der Waals surface area contributed by atoms with Gasteiger partial charge in [-0.1, -0.05) is 26.3 Å². The van der Waals surface area contributed by atoms with E-state index in [0.717, 1.165) is 32.1 Å². The van der Waals surface area contributed by atoms with Crippen LogP contribution in [0.2, 0.25) is 0 Å². The van der Waals surface area contributed by atoms with E-state index >= 15 is 0 Å². The van der Waals surface area contributed by atoms with Gasteiger partial charge in [-0.05, 0) is 79.6 Å². The molecule has 3 nitrogen and oxygen atoms in total. The molecule has 4 aliphatic rings. The predicted molar refractivity (Wildman–Crippen MR) is 96.8 cm³/mol. The molecule has 0 amide bonds. The van der Waals surface area contributed by atoms with Gasteiger partial charge in [-0.15, -0.1) is 0 Å². The number of Topliss-reactive ketones (excluding diaryl/α,β-unsaturated/α-hetero) is 1. The van der Waals surface area contributed by atoms with E-state index in [0.29, 0.717) is 30.0 Å². The summed E-state index contributed by atoms with van der Waals surface area (Å²) < 4.78 is 0. The topological polar surface area (TPSA) is 54.4 Å². The highest BCUT2D eigenvalue weighted by atomic mass is 16.3. The zero-order valence-electron chi connectivity index (χ0n) is 16.0. The molecule has 0 bridgehead atoms. The number of hydrogen-bond acceptors (Lipinski definition) is 3. The molecule has 3 fully saturated rings. The molecule has 1 N–H and O–H groups in total. The number of carbonyl (C=O) groups excluding carboxylic acids is 2. The van der Waals surface area contributed by atoms with Crippen molar-refractivity contribution < 1.29 is 14.7 Å². The first-order valence-electron chi connectivity index (χ1n) is 10.1. The van der Waals surface area contributed by atoms with Gasteiger partial charge in [0.15, 0.2) is 5.78 Å². The van der Waals surface area contributed by atoms with Gasteiger partial charge < -0.3 is 5.11 Å². The molecular formula is C22H32O3. The third-order valence-corrected chi connectivity index (χ3v) is 8.70. The maximum Gasteiger partial charge on any atom is 0.155 e. The van der Waals surface area contributed by atoms with Crippen molar-refractivity contribution in [3.05, 3.63) is 11.6 Å². The minimum Gasteiger partial charge on any atom is -0.393 e. The number of rotatable bonds is 1. The van der Waals surface area contributed by atoms with Gasteiger partial charge in [-0.2, -0.15) is 0 Å². The van der Waals surface area contributed by atoms with Crippen molar-refractivity contribution in [1.29, 1.82) is 0 Å². The molecule has 0 aliphatic heterocycles. The summed E-state index contributed by atoms with van der Waals surface area (Å²) in [6.07, 6.45) is 6.93. The molecule has 25 heavy (non-hydrogen) atoms. The van der Waals surface area contributed by atoms with Crippen molar-refractivity contribution >= 4 is 11.6 Å². The fourth-order valence-corrected chi connectivity index (χ4v) is 7.79. The zero-order chi connectivity index (χ0) is 18.1. The van der Waals surface area contributed by atoms with E-state index in [1.54, 1.807) is 6.92 Å². The van der Waals surface area contributed by atoms with Crippen LogP contribution in [0.25, 0.3) is 0 Å². The van der Waals surface area contributed by atoms with Crippen LogP contribution in [0.3, 0.4) is 0 Å². The van der Waals surface area contributed by atoms with Gasteiger partial charge in [0, 0.05) is 12.3 Å². The second-order valence-corrected chi connectivity index (χ2v) is 9.93. The highest BCUT2D eigenvalue weighted by molar-refractivity contribution is 5.91. The second-order valence-electron chi connectivity index (χ2n) is 9.93. The van der Waals surface area contributed by atoms with E-state index in [1.807, 2.05) is 6.08 Å². The Kier molecular flexibility index (Phi) is 3.85. The Labute approximate surface area is 151 Å². The van der Waals surface area contributed by atoms with Gasteiger partial charge in [0.2, 0.25) is 0 Å². The summed E-state index contributed by atoms with van der Waals surface area (Å²) in [6, 6.07) is 0. The summed E-state index contributed by atoms with van der Waals surface area (Å²) in [6.45, 7) is 8.55. The minimum absolute atomic E-state index is 0.0474. The van der Waals surface area contributed by atoms with Crippen LogP contribution in [0.5, 0.6) is 0 Å². The van der Waals surface area contributed by atoms with E-state index < -0.39 is 0 Å².